The van der Waals surface area contributed by atoms with Gasteiger partial charge in [-0.05, 0) is 24.9 Å². The maximum atomic E-state index is 12.3. The van der Waals surface area contributed by atoms with Gasteiger partial charge >= 0.3 is 0 Å². The zero-order chi connectivity index (χ0) is 13.7. The molecular formula is C16H24N2O. The minimum atomic E-state index is 0.0800. The first-order valence-corrected chi connectivity index (χ1v) is 7.23. The van der Waals surface area contributed by atoms with Crippen LogP contribution in [0.2, 0.25) is 0 Å². The molecule has 0 saturated carbocycles. The predicted octanol–water partition coefficient (Wildman–Crippen LogP) is 2.08. The molecule has 1 atom stereocenters. The van der Waals surface area contributed by atoms with E-state index in [1.165, 1.54) is 5.56 Å². The van der Waals surface area contributed by atoms with E-state index in [9.17, 15) is 4.79 Å². The first-order chi connectivity index (χ1) is 9.18. The van der Waals surface area contributed by atoms with E-state index in [0.717, 1.165) is 32.5 Å². The van der Waals surface area contributed by atoms with Gasteiger partial charge in [-0.2, -0.15) is 0 Å². The third-order valence-corrected chi connectivity index (χ3v) is 3.66. The fourth-order valence-electron chi connectivity index (χ4n) is 2.63. The van der Waals surface area contributed by atoms with Crippen molar-refractivity contribution in [3.8, 4) is 0 Å². The fourth-order valence-corrected chi connectivity index (χ4v) is 2.63. The number of amides is 1. The Hall–Kier alpha value is -1.35. The van der Waals surface area contributed by atoms with Crippen LogP contribution >= 0.6 is 0 Å². The zero-order valence-electron chi connectivity index (χ0n) is 11.9. The Balaban J connectivity index is 2.11. The molecule has 1 amide bonds. The van der Waals surface area contributed by atoms with Crippen LogP contribution in [0.1, 0.15) is 25.8 Å². The van der Waals surface area contributed by atoms with E-state index in [4.69, 9.17) is 0 Å². The Morgan fingerprint density at radius 2 is 2.11 bits per heavy atom. The molecule has 0 spiro atoms. The van der Waals surface area contributed by atoms with E-state index in [-0.39, 0.29) is 17.9 Å². The largest absolute Gasteiger partial charge is 0.338 e. The highest BCUT2D eigenvalue weighted by atomic mass is 16.2. The van der Waals surface area contributed by atoms with Crippen molar-refractivity contribution in [3.05, 3.63) is 35.9 Å². The van der Waals surface area contributed by atoms with Gasteiger partial charge in [0.15, 0.2) is 0 Å². The van der Waals surface area contributed by atoms with Crippen molar-refractivity contribution in [2.45, 2.75) is 32.7 Å². The van der Waals surface area contributed by atoms with Crippen molar-refractivity contribution in [1.82, 2.24) is 10.2 Å². The van der Waals surface area contributed by atoms with Crippen LogP contribution in [0.3, 0.4) is 0 Å². The lowest BCUT2D eigenvalue weighted by atomic mass is 10.0. The topological polar surface area (TPSA) is 32.3 Å². The molecule has 1 aliphatic rings. The van der Waals surface area contributed by atoms with Crippen LogP contribution < -0.4 is 5.32 Å². The number of nitrogens with zero attached hydrogens (tertiary/aromatic N) is 1. The zero-order valence-corrected chi connectivity index (χ0v) is 11.9. The second-order valence-electron chi connectivity index (χ2n) is 5.59. The van der Waals surface area contributed by atoms with Gasteiger partial charge in [-0.1, -0.05) is 44.2 Å². The molecule has 19 heavy (non-hydrogen) atoms. The van der Waals surface area contributed by atoms with Crippen molar-refractivity contribution < 1.29 is 4.79 Å². The Labute approximate surface area is 116 Å². The van der Waals surface area contributed by atoms with E-state index >= 15 is 0 Å². The molecular weight excluding hydrogens is 236 g/mol. The lowest BCUT2D eigenvalue weighted by Gasteiger charge is -2.31. The van der Waals surface area contributed by atoms with Crippen molar-refractivity contribution in [2.75, 3.05) is 19.6 Å². The van der Waals surface area contributed by atoms with E-state index in [1.54, 1.807) is 0 Å². The van der Waals surface area contributed by atoms with Crippen LogP contribution in [0.15, 0.2) is 30.3 Å². The highest BCUT2D eigenvalue weighted by Crippen LogP contribution is 2.14. The molecule has 1 fully saturated rings. The summed E-state index contributed by atoms with van der Waals surface area (Å²) in [6.45, 7) is 6.75. The van der Waals surface area contributed by atoms with Crippen molar-refractivity contribution in [1.29, 1.82) is 0 Å². The average Bonchev–Trinajstić information content (AvgIpc) is 2.64. The summed E-state index contributed by atoms with van der Waals surface area (Å²) in [5.74, 6) is 0.362. The maximum Gasteiger partial charge on any atom is 0.225 e. The normalized spacial score (nSPS) is 20.4. The van der Waals surface area contributed by atoms with Gasteiger partial charge in [-0.15, -0.1) is 0 Å². The van der Waals surface area contributed by atoms with Crippen LogP contribution in [-0.2, 0) is 11.2 Å². The molecule has 0 bridgehead atoms. The quantitative estimate of drug-likeness (QED) is 0.902. The summed E-state index contributed by atoms with van der Waals surface area (Å²) in [5.41, 5.74) is 1.30. The Kier molecular flexibility index (Phi) is 4.97. The molecule has 3 nitrogen and oxygen atoms in total. The fraction of sp³-hybridized carbons (Fsp3) is 0.562. The van der Waals surface area contributed by atoms with E-state index in [2.05, 4.69) is 34.5 Å². The molecule has 1 unspecified atom stereocenters. The van der Waals surface area contributed by atoms with Crippen LogP contribution in [0.4, 0.5) is 0 Å². The standard InChI is InChI=1S/C16H24N2O/c1-13(2)16(19)18-10-6-9-17-12-15(18)11-14-7-4-3-5-8-14/h3-5,7-8,13,15,17H,6,9-12H2,1-2H3. The van der Waals surface area contributed by atoms with Crippen LogP contribution in [0.5, 0.6) is 0 Å². The molecule has 0 aliphatic carbocycles. The number of hydrogen-bond donors (Lipinski definition) is 1. The maximum absolute atomic E-state index is 12.3. The summed E-state index contributed by atoms with van der Waals surface area (Å²) in [6.07, 6.45) is 1.98. The third-order valence-electron chi connectivity index (χ3n) is 3.66. The summed E-state index contributed by atoms with van der Waals surface area (Å²) >= 11 is 0. The second kappa shape index (κ2) is 6.71. The number of rotatable bonds is 3. The molecule has 1 aromatic rings. The molecule has 1 N–H and O–H groups in total. The van der Waals surface area contributed by atoms with Crippen LogP contribution in [-0.4, -0.2) is 36.5 Å². The molecule has 1 heterocycles. The van der Waals surface area contributed by atoms with E-state index < -0.39 is 0 Å². The van der Waals surface area contributed by atoms with Gasteiger partial charge in [0.2, 0.25) is 5.91 Å². The molecule has 1 aromatic carbocycles. The molecule has 0 radical (unpaired) electrons. The SMILES string of the molecule is CC(C)C(=O)N1CCCNCC1Cc1ccccc1. The first-order valence-electron chi connectivity index (χ1n) is 7.23. The highest BCUT2D eigenvalue weighted by molar-refractivity contribution is 5.78. The van der Waals surface area contributed by atoms with Gasteiger partial charge in [0.1, 0.15) is 0 Å². The molecule has 2 rings (SSSR count). The second-order valence-corrected chi connectivity index (χ2v) is 5.59. The van der Waals surface area contributed by atoms with Crippen molar-refractivity contribution in [2.24, 2.45) is 5.92 Å². The minimum Gasteiger partial charge on any atom is -0.338 e. The summed E-state index contributed by atoms with van der Waals surface area (Å²) in [4.78, 5) is 14.4. The smallest absolute Gasteiger partial charge is 0.225 e. The Morgan fingerprint density at radius 1 is 1.37 bits per heavy atom. The molecule has 0 aromatic heterocycles. The van der Waals surface area contributed by atoms with Crippen LogP contribution in [0.25, 0.3) is 0 Å². The van der Waals surface area contributed by atoms with Crippen LogP contribution in [0, 0.1) is 5.92 Å². The molecule has 1 saturated heterocycles. The lowest BCUT2D eigenvalue weighted by Crippen LogP contribution is -2.46. The molecule has 104 valence electrons. The first kappa shape index (κ1) is 14.1. The minimum absolute atomic E-state index is 0.0800. The van der Waals surface area contributed by atoms with Gasteiger partial charge in [0, 0.05) is 25.0 Å². The van der Waals surface area contributed by atoms with Gasteiger partial charge in [0.25, 0.3) is 0 Å². The Morgan fingerprint density at radius 3 is 2.79 bits per heavy atom. The third kappa shape index (κ3) is 3.80. The molecule has 3 heteroatoms. The van der Waals surface area contributed by atoms with Crippen molar-refractivity contribution >= 4 is 5.91 Å². The number of benzene rings is 1. The van der Waals surface area contributed by atoms with E-state index in [0.29, 0.717) is 0 Å². The highest BCUT2D eigenvalue weighted by Gasteiger charge is 2.26. The number of carbonyl (C=O) groups excluding carboxylic acids is 1. The van der Waals surface area contributed by atoms with Gasteiger partial charge in [0.05, 0.1) is 0 Å². The molecule has 1 aliphatic heterocycles. The van der Waals surface area contributed by atoms with E-state index in [1.807, 2.05) is 19.9 Å². The summed E-state index contributed by atoms with van der Waals surface area (Å²) < 4.78 is 0. The Bertz CT molecular complexity index is 402. The van der Waals surface area contributed by atoms with Crippen molar-refractivity contribution in [3.63, 3.8) is 0 Å². The van der Waals surface area contributed by atoms with Gasteiger partial charge in [-0.3, -0.25) is 4.79 Å². The predicted molar refractivity (Wildman–Crippen MR) is 78.0 cm³/mol. The average molecular weight is 260 g/mol. The number of hydrogen-bond acceptors (Lipinski definition) is 2. The lowest BCUT2D eigenvalue weighted by molar-refractivity contribution is -0.136. The summed E-state index contributed by atoms with van der Waals surface area (Å²) in [5, 5.41) is 3.45. The summed E-state index contributed by atoms with van der Waals surface area (Å²) in [6, 6.07) is 10.7. The number of nitrogens with one attached hydrogen (secondary N) is 1. The van der Waals surface area contributed by atoms with Gasteiger partial charge < -0.3 is 10.2 Å². The number of carbonyl (C=O) groups is 1. The summed E-state index contributed by atoms with van der Waals surface area (Å²) in [7, 11) is 0. The van der Waals surface area contributed by atoms with Gasteiger partial charge in [-0.25, -0.2) is 0 Å². The monoisotopic (exact) mass is 260 g/mol.